The number of para-hydroxylation sites is 1. The Hall–Kier alpha value is -3.81. The van der Waals surface area contributed by atoms with Gasteiger partial charge in [0.15, 0.2) is 11.5 Å². The predicted molar refractivity (Wildman–Crippen MR) is 115 cm³/mol. The molecule has 4 aromatic rings. The lowest BCUT2D eigenvalue weighted by atomic mass is 10.2. The van der Waals surface area contributed by atoms with Crippen LogP contribution in [0, 0.1) is 0 Å². The zero-order chi connectivity index (χ0) is 21.4. The maximum atomic E-state index is 12.9. The summed E-state index contributed by atoms with van der Waals surface area (Å²) in [6.45, 7) is 5.10. The summed E-state index contributed by atoms with van der Waals surface area (Å²) in [4.78, 5) is 12.9. The fourth-order valence-electron chi connectivity index (χ4n) is 3.59. The third-order valence-corrected chi connectivity index (χ3v) is 5.09. The van der Waals surface area contributed by atoms with Gasteiger partial charge in [-0.25, -0.2) is 0 Å². The molecule has 0 radical (unpaired) electrons. The van der Waals surface area contributed by atoms with Crippen LogP contribution in [0.25, 0.3) is 22.5 Å². The van der Waals surface area contributed by atoms with Gasteiger partial charge in [0.2, 0.25) is 11.8 Å². The number of rotatable bonds is 5. The van der Waals surface area contributed by atoms with Crippen molar-refractivity contribution in [3.8, 4) is 23.1 Å². The highest BCUT2D eigenvalue weighted by Gasteiger charge is 2.20. The largest absolute Gasteiger partial charge is 0.486 e. The van der Waals surface area contributed by atoms with Gasteiger partial charge in [-0.3, -0.25) is 4.79 Å². The molecule has 3 heterocycles. The van der Waals surface area contributed by atoms with Gasteiger partial charge in [0.05, 0.1) is 0 Å². The summed E-state index contributed by atoms with van der Waals surface area (Å²) in [5, 5.41) is 12.3. The second kappa shape index (κ2) is 7.79. The molecule has 0 saturated carbocycles. The number of benzene rings is 2. The van der Waals surface area contributed by atoms with Crippen LogP contribution in [-0.4, -0.2) is 33.9 Å². The monoisotopic (exact) mass is 418 g/mol. The molecule has 158 valence electrons. The quantitative estimate of drug-likeness (QED) is 0.522. The number of nitrogens with zero attached hydrogens (tertiary/aromatic N) is 3. The van der Waals surface area contributed by atoms with Gasteiger partial charge in [-0.15, -0.1) is 10.2 Å². The molecule has 8 heteroatoms. The van der Waals surface area contributed by atoms with Crippen molar-refractivity contribution in [2.75, 3.05) is 18.5 Å². The number of hydrogen-bond donors (Lipinski definition) is 1. The van der Waals surface area contributed by atoms with Gasteiger partial charge in [-0.05, 0) is 24.3 Å². The van der Waals surface area contributed by atoms with E-state index in [-0.39, 0.29) is 18.4 Å². The average molecular weight is 418 g/mol. The lowest BCUT2D eigenvalue weighted by molar-refractivity contribution is -0.116. The molecule has 5 rings (SSSR count). The van der Waals surface area contributed by atoms with Gasteiger partial charge in [-0.1, -0.05) is 32.0 Å². The van der Waals surface area contributed by atoms with Crippen molar-refractivity contribution in [2.45, 2.75) is 26.3 Å². The number of hydrogen-bond acceptors (Lipinski definition) is 6. The van der Waals surface area contributed by atoms with Gasteiger partial charge in [-0.2, -0.15) is 0 Å². The van der Waals surface area contributed by atoms with E-state index in [1.165, 1.54) is 0 Å². The van der Waals surface area contributed by atoms with E-state index in [2.05, 4.69) is 15.5 Å². The molecule has 0 saturated heterocycles. The first-order valence-corrected chi connectivity index (χ1v) is 10.2. The topological polar surface area (TPSA) is 91.4 Å². The van der Waals surface area contributed by atoms with E-state index in [0.717, 1.165) is 10.9 Å². The highest BCUT2D eigenvalue weighted by Crippen LogP contribution is 2.33. The van der Waals surface area contributed by atoms with E-state index in [1.54, 1.807) is 18.2 Å². The Balaban J connectivity index is 1.44. The average Bonchev–Trinajstić information content (AvgIpc) is 3.39. The van der Waals surface area contributed by atoms with Crippen molar-refractivity contribution in [3.63, 3.8) is 0 Å². The molecular weight excluding hydrogens is 396 g/mol. The number of nitrogens with one attached hydrogen (secondary N) is 1. The van der Waals surface area contributed by atoms with Crippen LogP contribution in [0.5, 0.6) is 11.5 Å². The van der Waals surface area contributed by atoms with E-state index in [9.17, 15) is 4.79 Å². The summed E-state index contributed by atoms with van der Waals surface area (Å²) in [6, 6.07) is 15.2. The minimum Gasteiger partial charge on any atom is -0.486 e. The van der Waals surface area contributed by atoms with E-state index in [4.69, 9.17) is 13.9 Å². The number of amides is 1. The van der Waals surface area contributed by atoms with Crippen LogP contribution < -0.4 is 14.8 Å². The van der Waals surface area contributed by atoms with Gasteiger partial charge in [0.1, 0.15) is 25.5 Å². The number of carbonyl (C=O) groups excluding carboxylic acids is 1. The first-order valence-electron chi connectivity index (χ1n) is 10.2. The van der Waals surface area contributed by atoms with E-state index >= 15 is 0 Å². The summed E-state index contributed by atoms with van der Waals surface area (Å²) in [7, 11) is 0. The van der Waals surface area contributed by atoms with Crippen LogP contribution in [0.4, 0.5) is 5.69 Å². The van der Waals surface area contributed by atoms with E-state index in [1.807, 2.05) is 48.7 Å². The number of anilines is 1. The summed E-state index contributed by atoms with van der Waals surface area (Å²) in [5.74, 6) is 2.21. The molecule has 1 aliphatic heterocycles. The van der Waals surface area contributed by atoms with Gasteiger partial charge < -0.3 is 23.8 Å². The standard InChI is InChI=1S/C23H22N4O4/c1-14(2)22-25-26-23(31-22)18-11-15-5-3-4-6-17(15)27(18)13-21(28)24-16-7-8-19-20(12-16)30-10-9-29-19/h3-8,11-12,14H,9-10,13H2,1-2H3,(H,24,28). The maximum absolute atomic E-state index is 12.9. The molecular formula is C23H22N4O4. The summed E-state index contributed by atoms with van der Waals surface area (Å²) >= 11 is 0. The van der Waals surface area contributed by atoms with Crippen molar-refractivity contribution >= 4 is 22.5 Å². The number of aromatic nitrogens is 3. The Labute approximate surface area is 178 Å². The molecule has 2 aromatic heterocycles. The van der Waals surface area contributed by atoms with Crippen molar-refractivity contribution in [2.24, 2.45) is 0 Å². The molecule has 8 nitrogen and oxygen atoms in total. The molecule has 0 aliphatic carbocycles. The maximum Gasteiger partial charge on any atom is 0.264 e. The number of fused-ring (bicyclic) bond motifs is 2. The Morgan fingerprint density at radius 3 is 2.68 bits per heavy atom. The minimum absolute atomic E-state index is 0.0939. The smallest absolute Gasteiger partial charge is 0.264 e. The molecule has 1 amide bonds. The molecule has 2 aromatic carbocycles. The minimum atomic E-state index is -0.178. The van der Waals surface area contributed by atoms with Crippen LogP contribution in [0.1, 0.15) is 25.7 Å². The SMILES string of the molecule is CC(C)c1nnc(-c2cc3ccccc3n2CC(=O)Nc2ccc3c(c2)OCCO3)o1. The van der Waals surface area contributed by atoms with Crippen LogP contribution in [0.15, 0.2) is 52.9 Å². The summed E-state index contributed by atoms with van der Waals surface area (Å²) < 4.78 is 18.9. The molecule has 0 unspecified atom stereocenters. The lowest BCUT2D eigenvalue weighted by Gasteiger charge is -2.19. The molecule has 0 atom stereocenters. The summed E-state index contributed by atoms with van der Waals surface area (Å²) in [5.41, 5.74) is 2.27. The molecule has 0 fully saturated rings. The molecule has 1 N–H and O–H groups in total. The third kappa shape index (κ3) is 3.72. The fraction of sp³-hybridized carbons (Fsp3) is 0.261. The highest BCUT2D eigenvalue weighted by molar-refractivity contribution is 5.94. The molecule has 31 heavy (non-hydrogen) atoms. The predicted octanol–water partition coefficient (Wildman–Crippen LogP) is 4.22. The van der Waals surface area contributed by atoms with Crippen LogP contribution in [0.2, 0.25) is 0 Å². The zero-order valence-corrected chi connectivity index (χ0v) is 17.3. The van der Waals surface area contributed by atoms with Gasteiger partial charge in [0.25, 0.3) is 5.89 Å². The second-order valence-corrected chi connectivity index (χ2v) is 7.68. The zero-order valence-electron chi connectivity index (χ0n) is 17.3. The molecule has 0 bridgehead atoms. The molecule has 1 aliphatic rings. The first-order chi connectivity index (χ1) is 15.1. The summed E-state index contributed by atoms with van der Waals surface area (Å²) in [6.07, 6.45) is 0. The van der Waals surface area contributed by atoms with Crippen LogP contribution in [0.3, 0.4) is 0 Å². The fourth-order valence-corrected chi connectivity index (χ4v) is 3.59. The number of ether oxygens (including phenoxy) is 2. The Morgan fingerprint density at radius 1 is 1.06 bits per heavy atom. The second-order valence-electron chi connectivity index (χ2n) is 7.68. The number of carbonyl (C=O) groups is 1. The highest BCUT2D eigenvalue weighted by atomic mass is 16.6. The van der Waals surface area contributed by atoms with Gasteiger partial charge in [0, 0.05) is 28.6 Å². The first kappa shape index (κ1) is 19.2. The molecule has 0 spiro atoms. The van der Waals surface area contributed by atoms with Crippen molar-refractivity contribution in [1.29, 1.82) is 0 Å². The van der Waals surface area contributed by atoms with E-state index < -0.39 is 0 Å². The lowest BCUT2D eigenvalue weighted by Crippen LogP contribution is -2.20. The normalized spacial score (nSPS) is 13.0. The Kier molecular flexibility index (Phi) is 4.82. The van der Waals surface area contributed by atoms with E-state index in [0.29, 0.717) is 47.9 Å². The van der Waals surface area contributed by atoms with Crippen molar-refractivity contribution in [3.05, 3.63) is 54.4 Å². The van der Waals surface area contributed by atoms with Crippen molar-refractivity contribution in [1.82, 2.24) is 14.8 Å². The third-order valence-electron chi connectivity index (χ3n) is 5.09. The Morgan fingerprint density at radius 2 is 1.87 bits per heavy atom. The Bertz CT molecular complexity index is 1260. The van der Waals surface area contributed by atoms with Gasteiger partial charge >= 0.3 is 0 Å². The van der Waals surface area contributed by atoms with Crippen LogP contribution in [-0.2, 0) is 11.3 Å². The van der Waals surface area contributed by atoms with Crippen LogP contribution >= 0.6 is 0 Å². The van der Waals surface area contributed by atoms with Crippen molar-refractivity contribution < 1.29 is 18.7 Å².